The minimum absolute atomic E-state index is 0.110. The van der Waals surface area contributed by atoms with Crippen molar-refractivity contribution in [3.8, 4) is 0 Å². The first kappa shape index (κ1) is 14.5. The third kappa shape index (κ3) is 3.96. The first-order valence-corrected chi connectivity index (χ1v) is 6.67. The predicted octanol–water partition coefficient (Wildman–Crippen LogP) is 0.975. The Bertz CT molecular complexity index is 249. The number of rotatable bonds is 7. The van der Waals surface area contributed by atoms with Gasteiger partial charge in [0.15, 0.2) is 0 Å². The predicted molar refractivity (Wildman–Crippen MR) is 71.0 cm³/mol. The van der Waals surface area contributed by atoms with Crippen molar-refractivity contribution in [3.63, 3.8) is 0 Å². The quantitative estimate of drug-likeness (QED) is 0.698. The summed E-state index contributed by atoms with van der Waals surface area (Å²) in [5, 5.41) is 6.25. The maximum Gasteiger partial charge on any atom is 0.234 e. The van der Waals surface area contributed by atoms with Gasteiger partial charge in [-0.1, -0.05) is 6.92 Å². The van der Waals surface area contributed by atoms with Crippen LogP contribution in [0.15, 0.2) is 0 Å². The number of carbonyl (C=O) groups excluding carboxylic acids is 1. The molecule has 1 unspecified atom stereocenters. The number of nitrogens with one attached hydrogen (secondary N) is 2. The molecule has 1 saturated carbocycles. The Labute approximate surface area is 105 Å². The van der Waals surface area contributed by atoms with Crippen LogP contribution in [-0.2, 0) is 4.79 Å². The van der Waals surface area contributed by atoms with E-state index < -0.39 is 0 Å². The molecule has 1 fully saturated rings. The van der Waals surface area contributed by atoms with Gasteiger partial charge >= 0.3 is 0 Å². The Balaban J connectivity index is 2.23. The van der Waals surface area contributed by atoms with Gasteiger partial charge in [-0.25, -0.2) is 0 Å². The van der Waals surface area contributed by atoms with Crippen LogP contribution in [0, 0.1) is 0 Å². The fraction of sp³-hybridized carbons (Fsp3) is 0.923. The topological polar surface area (TPSA) is 44.4 Å². The Morgan fingerprint density at radius 3 is 2.47 bits per heavy atom. The normalized spacial score (nSPS) is 19.8. The first-order valence-electron chi connectivity index (χ1n) is 6.67. The monoisotopic (exact) mass is 241 g/mol. The number of hydrogen-bond donors (Lipinski definition) is 2. The molecule has 1 rings (SSSR count). The molecule has 0 heterocycles. The summed E-state index contributed by atoms with van der Waals surface area (Å²) >= 11 is 0. The highest BCUT2D eigenvalue weighted by molar-refractivity contribution is 5.78. The molecule has 1 amide bonds. The van der Waals surface area contributed by atoms with Crippen LogP contribution >= 0.6 is 0 Å². The minimum atomic E-state index is 0.110. The summed E-state index contributed by atoms with van der Waals surface area (Å²) in [5.74, 6) is 0.110. The molecular weight excluding hydrogens is 214 g/mol. The fourth-order valence-corrected chi connectivity index (χ4v) is 2.10. The molecule has 4 nitrogen and oxygen atoms in total. The maximum absolute atomic E-state index is 11.7. The van der Waals surface area contributed by atoms with E-state index in [-0.39, 0.29) is 11.4 Å². The zero-order valence-corrected chi connectivity index (χ0v) is 11.7. The molecule has 1 aliphatic rings. The van der Waals surface area contributed by atoms with Crippen molar-refractivity contribution in [2.24, 2.45) is 0 Å². The number of amides is 1. The van der Waals surface area contributed by atoms with Crippen LogP contribution in [0.25, 0.3) is 0 Å². The minimum Gasteiger partial charge on any atom is -0.353 e. The van der Waals surface area contributed by atoms with E-state index in [1.54, 1.807) is 0 Å². The lowest BCUT2D eigenvalue weighted by molar-refractivity contribution is -0.121. The van der Waals surface area contributed by atoms with E-state index in [9.17, 15) is 4.79 Å². The molecule has 4 heteroatoms. The molecule has 0 radical (unpaired) electrons. The van der Waals surface area contributed by atoms with Crippen molar-refractivity contribution in [2.45, 2.75) is 51.1 Å². The van der Waals surface area contributed by atoms with Crippen LogP contribution < -0.4 is 10.6 Å². The highest BCUT2D eigenvalue weighted by Crippen LogP contribution is 2.35. The average Bonchev–Trinajstić information content (AvgIpc) is 2.23. The Hall–Kier alpha value is -0.610. The molecule has 1 aliphatic carbocycles. The molecule has 0 aromatic carbocycles. The van der Waals surface area contributed by atoms with Gasteiger partial charge < -0.3 is 15.5 Å². The Morgan fingerprint density at radius 2 is 2.06 bits per heavy atom. The highest BCUT2D eigenvalue weighted by Gasteiger charge is 2.38. The Kier molecular flexibility index (Phi) is 5.40. The highest BCUT2D eigenvalue weighted by atomic mass is 16.1. The van der Waals surface area contributed by atoms with Crippen LogP contribution in [0.1, 0.15) is 39.5 Å². The van der Waals surface area contributed by atoms with E-state index in [2.05, 4.69) is 43.5 Å². The zero-order valence-electron chi connectivity index (χ0n) is 11.7. The molecule has 100 valence electrons. The SMILES string of the molecule is CCC(C)NCC(=O)NCC1(N(C)C)CCC1. The first-order chi connectivity index (χ1) is 8.00. The molecule has 0 saturated heterocycles. The van der Waals surface area contributed by atoms with E-state index in [0.29, 0.717) is 12.6 Å². The molecule has 0 bridgehead atoms. The standard InChI is InChI=1S/C13H27N3O/c1-5-11(2)14-9-12(17)15-10-13(16(3)4)7-6-8-13/h11,14H,5-10H2,1-4H3,(H,15,17). The van der Waals surface area contributed by atoms with Crippen LogP contribution in [-0.4, -0.2) is 49.6 Å². The summed E-state index contributed by atoms with van der Waals surface area (Å²) in [4.78, 5) is 13.9. The average molecular weight is 241 g/mol. The van der Waals surface area contributed by atoms with E-state index in [0.717, 1.165) is 13.0 Å². The van der Waals surface area contributed by atoms with E-state index in [1.165, 1.54) is 19.3 Å². The lowest BCUT2D eigenvalue weighted by Gasteiger charge is -2.47. The molecule has 0 aromatic heterocycles. The Morgan fingerprint density at radius 1 is 1.41 bits per heavy atom. The summed E-state index contributed by atoms with van der Waals surface area (Å²) in [6.07, 6.45) is 4.71. The molecule has 0 aromatic rings. The lowest BCUT2D eigenvalue weighted by Crippen LogP contribution is -2.57. The van der Waals surface area contributed by atoms with E-state index >= 15 is 0 Å². The second-order valence-corrected chi connectivity index (χ2v) is 5.44. The largest absolute Gasteiger partial charge is 0.353 e. The van der Waals surface area contributed by atoms with Crippen molar-refractivity contribution < 1.29 is 4.79 Å². The van der Waals surface area contributed by atoms with Gasteiger partial charge in [0.2, 0.25) is 5.91 Å². The van der Waals surface area contributed by atoms with Gasteiger partial charge in [0.25, 0.3) is 0 Å². The summed E-state index contributed by atoms with van der Waals surface area (Å²) in [7, 11) is 4.20. The summed E-state index contributed by atoms with van der Waals surface area (Å²) in [6.45, 7) is 5.42. The van der Waals surface area contributed by atoms with Crippen LogP contribution in [0.3, 0.4) is 0 Å². The van der Waals surface area contributed by atoms with Crippen molar-refractivity contribution in [1.29, 1.82) is 0 Å². The van der Waals surface area contributed by atoms with Gasteiger partial charge in [-0.3, -0.25) is 4.79 Å². The van der Waals surface area contributed by atoms with Gasteiger partial charge in [-0.15, -0.1) is 0 Å². The van der Waals surface area contributed by atoms with Gasteiger partial charge in [0.1, 0.15) is 0 Å². The van der Waals surface area contributed by atoms with Crippen molar-refractivity contribution in [1.82, 2.24) is 15.5 Å². The smallest absolute Gasteiger partial charge is 0.234 e. The summed E-state index contributed by atoms with van der Waals surface area (Å²) in [5.41, 5.74) is 0.214. The van der Waals surface area contributed by atoms with Crippen molar-refractivity contribution in [2.75, 3.05) is 27.2 Å². The van der Waals surface area contributed by atoms with Gasteiger partial charge in [-0.05, 0) is 46.7 Å². The zero-order chi connectivity index (χ0) is 12.9. The summed E-state index contributed by atoms with van der Waals surface area (Å²) in [6, 6.07) is 0.410. The number of carbonyl (C=O) groups is 1. The van der Waals surface area contributed by atoms with Crippen LogP contribution in [0.4, 0.5) is 0 Å². The van der Waals surface area contributed by atoms with Gasteiger partial charge in [0, 0.05) is 18.1 Å². The maximum atomic E-state index is 11.7. The molecule has 1 atom stereocenters. The molecule has 2 N–H and O–H groups in total. The van der Waals surface area contributed by atoms with E-state index in [4.69, 9.17) is 0 Å². The van der Waals surface area contributed by atoms with Crippen molar-refractivity contribution >= 4 is 5.91 Å². The fourth-order valence-electron chi connectivity index (χ4n) is 2.10. The number of likely N-dealkylation sites (N-methyl/N-ethyl adjacent to an activating group) is 1. The summed E-state index contributed by atoms with van der Waals surface area (Å²) < 4.78 is 0. The van der Waals surface area contributed by atoms with Crippen LogP contribution in [0.5, 0.6) is 0 Å². The van der Waals surface area contributed by atoms with Crippen LogP contribution in [0.2, 0.25) is 0 Å². The number of nitrogens with zero attached hydrogens (tertiary/aromatic N) is 1. The van der Waals surface area contributed by atoms with E-state index in [1.807, 2.05) is 0 Å². The second-order valence-electron chi connectivity index (χ2n) is 5.44. The molecular formula is C13H27N3O. The third-order valence-electron chi connectivity index (χ3n) is 4.07. The molecule has 0 spiro atoms. The lowest BCUT2D eigenvalue weighted by atomic mass is 9.75. The molecule has 17 heavy (non-hydrogen) atoms. The van der Waals surface area contributed by atoms with Crippen molar-refractivity contribution in [3.05, 3.63) is 0 Å². The second kappa shape index (κ2) is 6.36. The van der Waals surface area contributed by atoms with Gasteiger partial charge in [-0.2, -0.15) is 0 Å². The number of hydrogen-bond acceptors (Lipinski definition) is 3. The molecule has 0 aliphatic heterocycles. The third-order valence-corrected chi connectivity index (χ3v) is 4.07. The van der Waals surface area contributed by atoms with Gasteiger partial charge in [0.05, 0.1) is 6.54 Å².